The van der Waals surface area contributed by atoms with Crippen LogP contribution in [0.15, 0.2) is 30.3 Å². The molecule has 0 radical (unpaired) electrons. The lowest BCUT2D eigenvalue weighted by atomic mass is 9.88. The fourth-order valence-corrected chi connectivity index (χ4v) is 3.74. The SMILES string of the molecule is CN1CC[C@@H](O)[C@H](C(=O)N2CCC(c3ccccc3)CC2)C1. The summed E-state index contributed by atoms with van der Waals surface area (Å²) < 4.78 is 0. The van der Waals surface area contributed by atoms with Crippen molar-refractivity contribution < 1.29 is 9.90 Å². The van der Waals surface area contributed by atoms with Crippen LogP contribution in [0.25, 0.3) is 0 Å². The van der Waals surface area contributed by atoms with E-state index in [-0.39, 0.29) is 11.8 Å². The third kappa shape index (κ3) is 3.33. The van der Waals surface area contributed by atoms with Crippen molar-refractivity contribution in [2.75, 3.05) is 33.2 Å². The fourth-order valence-electron chi connectivity index (χ4n) is 3.74. The monoisotopic (exact) mass is 302 g/mol. The molecular weight excluding hydrogens is 276 g/mol. The average molecular weight is 302 g/mol. The first kappa shape index (κ1) is 15.5. The zero-order valence-corrected chi connectivity index (χ0v) is 13.3. The third-order valence-corrected chi connectivity index (χ3v) is 5.17. The van der Waals surface area contributed by atoms with Gasteiger partial charge in [0, 0.05) is 26.2 Å². The maximum atomic E-state index is 12.7. The Labute approximate surface area is 132 Å². The fraction of sp³-hybridized carbons (Fsp3) is 0.611. The zero-order valence-electron chi connectivity index (χ0n) is 13.3. The highest BCUT2D eigenvalue weighted by atomic mass is 16.3. The molecule has 0 unspecified atom stereocenters. The number of piperidine rings is 2. The van der Waals surface area contributed by atoms with E-state index < -0.39 is 6.10 Å². The molecule has 0 bridgehead atoms. The topological polar surface area (TPSA) is 43.8 Å². The minimum atomic E-state index is -0.476. The minimum absolute atomic E-state index is 0.144. The number of likely N-dealkylation sites (tertiary alicyclic amines) is 2. The number of nitrogens with zero attached hydrogens (tertiary/aromatic N) is 2. The van der Waals surface area contributed by atoms with Gasteiger partial charge in [-0.15, -0.1) is 0 Å². The van der Waals surface area contributed by atoms with E-state index in [1.165, 1.54) is 5.56 Å². The highest BCUT2D eigenvalue weighted by Gasteiger charge is 2.35. The summed E-state index contributed by atoms with van der Waals surface area (Å²) in [6, 6.07) is 10.6. The second-order valence-electron chi connectivity index (χ2n) is 6.74. The minimum Gasteiger partial charge on any atom is -0.392 e. The Morgan fingerprint density at radius 3 is 2.45 bits per heavy atom. The van der Waals surface area contributed by atoms with Crippen molar-refractivity contribution in [2.45, 2.75) is 31.3 Å². The van der Waals surface area contributed by atoms with E-state index in [9.17, 15) is 9.90 Å². The Kier molecular flexibility index (Phi) is 4.79. The Bertz CT molecular complexity index is 497. The predicted molar refractivity (Wildman–Crippen MR) is 86.6 cm³/mol. The van der Waals surface area contributed by atoms with Crippen molar-refractivity contribution in [2.24, 2.45) is 5.92 Å². The van der Waals surface area contributed by atoms with E-state index >= 15 is 0 Å². The molecule has 1 amide bonds. The number of benzene rings is 1. The number of hydrogen-bond acceptors (Lipinski definition) is 3. The molecule has 4 nitrogen and oxygen atoms in total. The summed E-state index contributed by atoms with van der Waals surface area (Å²) >= 11 is 0. The first-order chi connectivity index (χ1) is 10.6. The van der Waals surface area contributed by atoms with Crippen LogP contribution in [0.1, 0.15) is 30.7 Å². The Morgan fingerprint density at radius 2 is 1.77 bits per heavy atom. The van der Waals surface area contributed by atoms with Gasteiger partial charge in [0.2, 0.25) is 5.91 Å². The van der Waals surface area contributed by atoms with Crippen LogP contribution in [0.4, 0.5) is 0 Å². The normalized spacial score (nSPS) is 27.8. The highest BCUT2D eigenvalue weighted by Crippen LogP contribution is 2.29. The van der Waals surface area contributed by atoms with E-state index in [4.69, 9.17) is 0 Å². The van der Waals surface area contributed by atoms with Crippen LogP contribution in [0.5, 0.6) is 0 Å². The quantitative estimate of drug-likeness (QED) is 0.904. The zero-order chi connectivity index (χ0) is 15.5. The molecule has 120 valence electrons. The number of hydrogen-bond donors (Lipinski definition) is 1. The van der Waals surface area contributed by atoms with Gasteiger partial charge in [0.05, 0.1) is 12.0 Å². The third-order valence-electron chi connectivity index (χ3n) is 5.17. The molecule has 3 rings (SSSR count). The molecule has 0 aliphatic carbocycles. The average Bonchev–Trinajstić information content (AvgIpc) is 2.57. The summed E-state index contributed by atoms with van der Waals surface area (Å²) in [6.07, 6.45) is 2.27. The summed E-state index contributed by atoms with van der Waals surface area (Å²) in [6.45, 7) is 3.18. The lowest BCUT2D eigenvalue weighted by molar-refractivity contribution is -0.143. The number of carbonyl (C=O) groups excluding carboxylic acids is 1. The van der Waals surface area contributed by atoms with Gasteiger partial charge >= 0.3 is 0 Å². The summed E-state index contributed by atoms with van der Waals surface area (Å²) in [4.78, 5) is 16.8. The second-order valence-corrected chi connectivity index (χ2v) is 6.74. The Hall–Kier alpha value is -1.39. The van der Waals surface area contributed by atoms with Crippen LogP contribution in [0, 0.1) is 5.92 Å². The molecule has 2 aliphatic heterocycles. The van der Waals surface area contributed by atoms with Crippen LogP contribution in [0.2, 0.25) is 0 Å². The van der Waals surface area contributed by atoms with E-state index in [0.29, 0.717) is 18.9 Å². The molecular formula is C18H26N2O2. The maximum absolute atomic E-state index is 12.7. The molecule has 2 saturated heterocycles. The van der Waals surface area contributed by atoms with Crippen LogP contribution >= 0.6 is 0 Å². The van der Waals surface area contributed by atoms with Crippen LogP contribution in [-0.2, 0) is 4.79 Å². The summed E-state index contributed by atoms with van der Waals surface area (Å²) in [7, 11) is 2.02. The highest BCUT2D eigenvalue weighted by molar-refractivity contribution is 5.80. The molecule has 1 N–H and O–H groups in total. The van der Waals surface area contributed by atoms with Crippen LogP contribution in [-0.4, -0.2) is 60.1 Å². The smallest absolute Gasteiger partial charge is 0.229 e. The summed E-state index contributed by atoms with van der Waals surface area (Å²) in [5, 5.41) is 10.1. The lowest BCUT2D eigenvalue weighted by Gasteiger charge is -2.39. The number of rotatable bonds is 2. The molecule has 22 heavy (non-hydrogen) atoms. The van der Waals surface area contributed by atoms with E-state index in [1.807, 2.05) is 18.0 Å². The molecule has 4 heteroatoms. The van der Waals surface area contributed by atoms with Crippen molar-refractivity contribution in [3.63, 3.8) is 0 Å². The predicted octanol–water partition coefficient (Wildman–Crippen LogP) is 1.71. The number of aliphatic hydroxyl groups excluding tert-OH is 1. The first-order valence-electron chi connectivity index (χ1n) is 8.35. The van der Waals surface area contributed by atoms with Gasteiger partial charge in [0.15, 0.2) is 0 Å². The summed E-state index contributed by atoms with van der Waals surface area (Å²) in [5.41, 5.74) is 1.38. The van der Waals surface area contributed by atoms with Gasteiger partial charge in [0.1, 0.15) is 0 Å². The molecule has 2 fully saturated rings. The van der Waals surface area contributed by atoms with Crippen molar-refractivity contribution in [3.8, 4) is 0 Å². The molecule has 2 aliphatic rings. The van der Waals surface area contributed by atoms with Crippen LogP contribution in [0.3, 0.4) is 0 Å². The molecule has 0 aromatic heterocycles. The number of aliphatic hydroxyl groups is 1. The Balaban J connectivity index is 1.58. The van der Waals surface area contributed by atoms with Gasteiger partial charge < -0.3 is 14.9 Å². The number of amides is 1. The largest absolute Gasteiger partial charge is 0.392 e. The first-order valence-corrected chi connectivity index (χ1v) is 8.35. The van der Waals surface area contributed by atoms with E-state index in [2.05, 4.69) is 29.2 Å². The molecule has 1 aromatic carbocycles. The summed E-state index contributed by atoms with van der Waals surface area (Å²) in [5.74, 6) is 0.460. The van der Waals surface area contributed by atoms with Crippen molar-refractivity contribution in [3.05, 3.63) is 35.9 Å². The van der Waals surface area contributed by atoms with Gasteiger partial charge in [-0.3, -0.25) is 4.79 Å². The van der Waals surface area contributed by atoms with Crippen molar-refractivity contribution >= 4 is 5.91 Å². The maximum Gasteiger partial charge on any atom is 0.229 e. The van der Waals surface area contributed by atoms with Gasteiger partial charge in [-0.1, -0.05) is 30.3 Å². The molecule has 1 aromatic rings. The van der Waals surface area contributed by atoms with Crippen molar-refractivity contribution in [1.29, 1.82) is 0 Å². The molecule has 0 spiro atoms. The molecule has 0 saturated carbocycles. The van der Waals surface area contributed by atoms with Gasteiger partial charge in [0.25, 0.3) is 0 Å². The van der Waals surface area contributed by atoms with Gasteiger partial charge in [-0.25, -0.2) is 0 Å². The molecule has 2 heterocycles. The Morgan fingerprint density at radius 1 is 1.09 bits per heavy atom. The molecule has 2 atom stereocenters. The number of carbonyl (C=O) groups is 1. The van der Waals surface area contributed by atoms with E-state index in [0.717, 1.165) is 32.5 Å². The van der Waals surface area contributed by atoms with Crippen molar-refractivity contribution in [1.82, 2.24) is 9.80 Å². The lowest BCUT2D eigenvalue weighted by Crippen LogP contribution is -2.51. The van der Waals surface area contributed by atoms with Crippen LogP contribution < -0.4 is 0 Å². The van der Waals surface area contributed by atoms with Gasteiger partial charge in [-0.05, 0) is 37.8 Å². The standard InChI is InChI=1S/C18H26N2O2/c1-19-10-9-17(21)16(13-19)18(22)20-11-7-15(8-12-20)14-5-3-2-4-6-14/h2-6,15-17,21H,7-13H2,1H3/t16-,17-/m1/s1. The van der Waals surface area contributed by atoms with E-state index in [1.54, 1.807) is 0 Å². The second kappa shape index (κ2) is 6.80. The van der Waals surface area contributed by atoms with Gasteiger partial charge in [-0.2, -0.15) is 0 Å².